The Kier molecular flexibility index (Phi) is 6.29. The Morgan fingerprint density at radius 1 is 1.38 bits per heavy atom. The lowest BCUT2D eigenvalue weighted by atomic mass is 10.0. The van der Waals surface area contributed by atoms with Crippen LogP contribution in [0.1, 0.15) is 36.2 Å². The van der Waals surface area contributed by atoms with Crippen molar-refractivity contribution >= 4 is 5.91 Å². The van der Waals surface area contributed by atoms with Gasteiger partial charge in [0, 0.05) is 38.3 Å². The number of carbonyl (C=O) groups is 1. The first-order valence-corrected chi connectivity index (χ1v) is 8.55. The minimum absolute atomic E-state index is 0.0595. The summed E-state index contributed by atoms with van der Waals surface area (Å²) in [5.74, 6) is -1.93. The Labute approximate surface area is 150 Å². The fourth-order valence-electron chi connectivity index (χ4n) is 3.25. The van der Waals surface area contributed by atoms with E-state index in [4.69, 9.17) is 0 Å². The maximum atomic E-state index is 13.4. The van der Waals surface area contributed by atoms with Gasteiger partial charge in [0.1, 0.15) is 5.82 Å². The molecule has 26 heavy (non-hydrogen) atoms. The monoisotopic (exact) mass is 376 g/mol. The second-order valence-electron chi connectivity index (χ2n) is 7.12. The number of halogens is 4. The largest absolute Gasteiger partial charge is 0.419 e. The van der Waals surface area contributed by atoms with Gasteiger partial charge in [-0.05, 0) is 30.5 Å². The van der Waals surface area contributed by atoms with Gasteiger partial charge < -0.3 is 10.0 Å². The van der Waals surface area contributed by atoms with Crippen LogP contribution in [0.5, 0.6) is 0 Å². The number of aliphatic hydroxyl groups excluding tert-OH is 1. The van der Waals surface area contributed by atoms with E-state index in [1.54, 1.807) is 0 Å². The molecule has 0 spiro atoms. The van der Waals surface area contributed by atoms with E-state index >= 15 is 0 Å². The van der Waals surface area contributed by atoms with Crippen molar-refractivity contribution in [3.8, 4) is 0 Å². The van der Waals surface area contributed by atoms with Gasteiger partial charge in [-0.1, -0.05) is 13.8 Å². The zero-order chi connectivity index (χ0) is 19.6. The second-order valence-corrected chi connectivity index (χ2v) is 7.12. The van der Waals surface area contributed by atoms with Crippen molar-refractivity contribution in [1.29, 1.82) is 0 Å². The van der Waals surface area contributed by atoms with Crippen molar-refractivity contribution in [2.45, 2.75) is 38.6 Å². The third-order valence-corrected chi connectivity index (χ3v) is 4.80. The molecule has 0 unspecified atom stereocenters. The third kappa shape index (κ3) is 4.73. The topological polar surface area (TPSA) is 43.8 Å². The summed E-state index contributed by atoms with van der Waals surface area (Å²) in [5, 5.41) is 9.65. The third-order valence-electron chi connectivity index (χ3n) is 4.80. The van der Waals surface area contributed by atoms with Crippen LogP contribution >= 0.6 is 0 Å². The van der Waals surface area contributed by atoms with Gasteiger partial charge in [-0.25, -0.2) is 4.39 Å². The van der Waals surface area contributed by atoms with Crippen LogP contribution in [-0.2, 0) is 6.18 Å². The highest BCUT2D eigenvalue weighted by Gasteiger charge is 2.35. The van der Waals surface area contributed by atoms with E-state index in [1.165, 1.54) is 11.9 Å². The first kappa shape index (κ1) is 20.6. The summed E-state index contributed by atoms with van der Waals surface area (Å²) in [6.45, 7) is 5.59. The molecular weight excluding hydrogens is 352 g/mol. The lowest BCUT2D eigenvalue weighted by molar-refractivity contribution is -0.140. The average Bonchev–Trinajstić information content (AvgIpc) is 2.95. The van der Waals surface area contributed by atoms with Crippen molar-refractivity contribution in [2.24, 2.45) is 5.92 Å². The molecule has 0 aliphatic carbocycles. The van der Waals surface area contributed by atoms with E-state index in [0.717, 1.165) is 6.07 Å². The van der Waals surface area contributed by atoms with E-state index in [2.05, 4.69) is 0 Å². The molecule has 0 saturated carbocycles. The zero-order valence-electron chi connectivity index (χ0n) is 15.1. The van der Waals surface area contributed by atoms with Crippen LogP contribution in [0.25, 0.3) is 0 Å². The number of rotatable bonds is 5. The molecule has 0 aromatic heterocycles. The predicted molar refractivity (Wildman–Crippen MR) is 89.2 cm³/mol. The Hall–Kier alpha value is -1.67. The normalized spacial score (nSPS) is 19.8. The number of likely N-dealkylation sites (tertiary alicyclic amines) is 1. The van der Waals surface area contributed by atoms with Crippen molar-refractivity contribution in [3.05, 3.63) is 35.1 Å². The van der Waals surface area contributed by atoms with Crippen LogP contribution < -0.4 is 0 Å². The van der Waals surface area contributed by atoms with Crippen LogP contribution in [0.4, 0.5) is 17.6 Å². The molecule has 0 radical (unpaired) electrons. The molecule has 1 aromatic carbocycles. The molecule has 146 valence electrons. The summed E-state index contributed by atoms with van der Waals surface area (Å²) in [7, 11) is 1.54. The minimum atomic E-state index is -4.86. The molecule has 2 atom stereocenters. The number of likely N-dealkylation sites (N-methyl/N-ethyl adjacent to an activating group) is 1. The summed E-state index contributed by atoms with van der Waals surface area (Å²) >= 11 is 0. The van der Waals surface area contributed by atoms with Gasteiger partial charge in [-0.3, -0.25) is 9.69 Å². The van der Waals surface area contributed by atoms with E-state index in [1.807, 2.05) is 18.7 Å². The molecule has 1 saturated heterocycles. The summed E-state index contributed by atoms with van der Waals surface area (Å²) in [6.07, 6.45) is -4.59. The van der Waals surface area contributed by atoms with Crippen LogP contribution in [0.15, 0.2) is 18.2 Å². The van der Waals surface area contributed by atoms with Gasteiger partial charge in [0.05, 0.1) is 11.7 Å². The van der Waals surface area contributed by atoms with Crippen LogP contribution in [-0.4, -0.2) is 59.6 Å². The van der Waals surface area contributed by atoms with Crippen LogP contribution in [0.2, 0.25) is 0 Å². The highest BCUT2D eigenvalue weighted by molar-refractivity contribution is 5.94. The molecule has 1 aliphatic heterocycles. The Bertz CT molecular complexity index is 649. The molecule has 4 nitrogen and oxygen atoms in total. The second kappa shape index (κ2) is 7.92. The average molecular weight is 376 g/mol. The zero-order valence-corrected chi connectivity index (χ0v) is 15.1. The fraction of sp³-hybridized carbons (Fsp3) is 0.611. The number of nitrogens with zero attached hydrogens (tertiary/aromatic N) is 2. The van der Waals surface area contributed by atoms with Gasteiger partial charge >= 0.3 is 6.18 Å². The lowest BCUT2D eigenvalue weighted by Crippen LogP contribution is -2.47. The van der Waals surface area contributed by atoms with Gasteiger partial charge in [-0.15, -0.1) is 0 Å². The van der Waals surface area contributed by atoms with Gasteiger partial charge in [-0.2, -0.15) is 13.2 Å². The van der Waals surface area contributed by atoms with Crippen molar-refractivity contribution < 1.29 is 27.5 Å². The van der Waals surface area contributed by atoms with E-state index in [0.29, 0.717) is 38.2 Å². The molecule has 1 N–H and O–H groups in total. The summed E-state index contributed by atoms with van der Waals surface area (Å²) in [6, 6.07) is 2.06. The smallest absolute Gasteiger partial charge is 0.392 e. The first-order valence-electron chi connectivity index (χ1n) is 8.55. The van der Waals surface area contributed by atoms with Crippen LogP contribution in [0.3, 0.4) is 0 Å². The number of β-amino-alcohol motifs (C(OH)–C–C–N with tert-alkyl or cyclic N) is 1. The van der Waals surface area contributed by atoms with Gasteiger partial charge in [0.15, 0.2) is 0 Å². The molecule has 8 heteroatoms. The van der Waals surface area contributed by atoms with E-state index in [-0.39, 0.29) is 17.5 Å². The molecule has 1 fully saturated rings. The first-order chi connectivity index (χ1) is 12.0. The molecule has 0 bridgehead atoms. The van der Waals surface area contributed by atoms with Crippen molar-refractivity contribution in [1.82, 2.24) is 9.80 Å². The fourth-order valence-corrected chi connectivity index (χ4v) is 3.25. The summed E-state index contributed by atoms with van der Waals surface area (Å²) in [4.78, 5) is 16.1. The quantitative estimate of drug-likeness (QED) is 0.804. The van der Waals surface area contributed by atoms with Gasteiger partial charge in [0.25, 0.3) is 5.91 Å². The Balaban J connectivity index is 2.20. The number of benzene rings is 1. The maximum absolute atomic E-state index is 13.4. The Morgan fingerprint density at radius 3 is 2.54 bits per heavy atom. The number of hydrogen-bond acceptors (Lipinski definition) is 3. The molecule has 1 aliphatic rings. The molecule has 1 heterocycles. The number of alkyl halides is 3. The molecule has 1 amide bonds. The van der Waals surface area contributed by atoms with E-state index in [9.17, 15) is 27.5 Å². The number of carbonyl (C=O) groups excluding carboxylic acids is 1. The molecule has 2 rings (SSSR count). The lowest BCUT2D eigenvalue weighted by Gasteiger charge is -2.34. The van der Waals surface area contributed by atoms with E-state index < -0.39 is 29.6 Å². The molecule has 1 aromatic rings. The molecular formula is C18H24F4N2O2. The number of hydrogen-bond donors (Lipinski definition) is 1. The van der Waals surface area contributed by atoms with Crippen molar-refractivity contribution in [2.75, 3.05) is 26.7 Å². The predicted octanol–water partition coefficient (Wildman–Crippen LogP) is 3.01. The summed E-state index contributed by atoms with van der Waals surface area (Å²) < 4.78 is 52.1. The van der Waals surface area contributed by atoms with Crippen molar-refractivity contribution in [3.63, 3.8) is 0 Å². The number of amides is 1. The number of aliphatic hydroxyl groups is 1. The SMILES string of the molecule is CC(C)[C@@H](CN1CC[C@@H](O)C1)N(C)C(=O)c1ccc(F)c(C(F)(F)F)c1. The standard InChI is InChI=1S/C18H24F4N2O2/c1-11(2)16(10-24-7-6-13(25)9-24)23(3)17(26)12-4-5-15(19)14(8-12)18(20,21)22/h4-5,8,11,13,16,25H,6-7,9-10H2,1-3H3/t13-,16-/m1/s1. The van der Waals surface area contributed by atoms with Gasteiger partial charge in [0.2, 0.25) is 0 Å². The van der Waals surface area contributed by atoms with Crippen LogP contribution in [0, 0.1) is 11.7 Å². The highest BCUT2D eigenvalue weighted by atomic mass is 19.4. The maximum Gasteiger partial charge on any atom is 0.419 e. The Morgan fingerprint density at radius 2 is 2.04 bits per heavy atom. The summed E-state index contributed by atoms with van der Waals surface area (Å²) in [5.41, 5.74) is -1.64. The highest BCUT2D eigenvalue weighted by Crippen LogP contribution is 2.32. The minimum Gasteiger partial charge on any atom is -0.392 e.